The number of benzene rings is 1. The molecule has 0 aliphatic carbocycles. The monoisotopic (exact) mass is 306 g/mol. The van der Waals surface area contributed by atoms with Crippen molar-refractivity contribution in [2.24, 2.45) is 0 Å². The van der Waals surface area contributed by atoms with Crippen molar-refractivity contribution in [3.8, 4) is 0 Å². The van der Waals surface area contributed by atoms with Crippen molar-refractivity contribution in [2.75, 3.05) is 10.8 Å². The number of carbonyl (C=O) groups is 1. The third-order valence-corrected chi connectivity index (χ3v) is 5.42. The zero-order chi connectivity index (χ0) is 12.5. The Morgan fingerprint density at radius 2 is 1.94 bits per heavy atom. The summed E-state index contributed by atoms with van der Waals surface area (Å²) in [6.45, 7) is 0. The number of nitrogens with zero attached hydrogens (tertiary/aromatic N) is 1. The summed E-state index contributed by atoms with van der Waals surface area (Å²) in [5.74, 6) is -0.0640. The molecule has 0 saturated heterocycles. The number of nitrogens with one attached hydrogen (secondary N) is 1. The Balaban J connectivity index is 2.01. The van der Waals surface area contributed by atoms with E-state index in [0.717, 1.165) is 10.1 Å². The summed E-state index contributed by atoms with van der Waals surface area (Å²) < 4.78 is 12.6. The Hall–Kier alpha value is -1.84. The van der Waals surface area contributed by atoms with Gasteiger partial charge in [0.25, 0.3) is 0 Å². The number of hydrogen-bond acceptors (Lipinski definition) is 4. The third-order valence-electron chi connectivity index (χ3n) is 2.83. The van der Waals surface area contributed by atoms with Crippen molar-refractivity contribution in [1.29, 1.82) is 0 Å². The van der Waals surface area contributed by atoms with Crippen LogP contribution in [-0.4, -0.2) is 30.0 Å². The second kappa shape index (κ2) is 4.44. The van der Waals surface area contributed by atoms with Gasteiger partial charge in [-0.1, -0.05) is 0 Å². The number of anilines is 1. The van der Waals surface area contributed by atoms with Crippen LogP contribution in [-0.2, 0) is 3.83 Å². The van der Waals surface area contributed by atoms with Gasteiger partial charge in [0.05, 0.1) is 0 Å². The van der Waals surface area contributed by atoms with Crippen LogP contribution in [0, 0.1) is 0 Å². The van der Waals surface area contributed by atoms with Gasteiger partial charge in [-0.25, -0.2) is 0 Å². The van der Waals surface area contributed by atoms with Crippen LogP contribution in [0.1, 0.15) is 15.9 Å². The number of hydrogen-bond donors (Lipinski definition) is 1. The van der Waals surface area contributed by atoms with Crippen LogP contribution in [0.25, 0.3) is 0 Å². The SMILES string of the molecule is O=C(c1ccncc1)c1ccc2c(c1)[Se](=O)CN2. The van der Waals surface area contributed by atoms with Crippen molar-refractivity contribution in [3.63, 3.8) is 0 Å². The molecule has 4 nitrogen and oxygen atoms in total. The van der Waals surface area contributed by atoms with E-state index >= 15 is 0 Å². The molecule has 2 aromatic rings. The topological polar surface area (TPSA) is 59.1 Å². The van der Waals surface area contributed by atoms with Crippen LogP contribution in [0.5, 0.6) is 0 Å². The molecule has 1 aromatic heterocycles. The van der Waals surface area contributed by atoms with Gasteiger partial charge in [-0.2, -0.15) is 0 Å². The van der Waals surface area contributed by atoms with Crippen molar-refractivity contribution in [2.45, 2.75) is 0 Å². The zero-order valence-electron chi connectivity index (χ0n) is 9.42. The maximum atomic E-state index is 12.2. The Labute approximate surface area is 108 Å². The molecule has 3 rings (SSSR count). The second-order valence-electron chi connectivity index (χ2n) is 3.94. The zero-order valence-corrected chi connectivity index (χ0v) is 11.1. The van der Waals surface area contributed by atoms with Crippen molar-refractivity contribution < 1.29 is 8.63 Å². The summed E-state index contributed by atoms with van der Waals surface area (Å²) in [6, 6.07) is 8.69. The predicted molar refractivity (Wildman–Crippen MR) is 68.7 cm³/mol. The molecule has 1 N–H and O–H groups in total. The molecule has 1 atom stereocenters. The van der Waals surface area contributed by atoms with Gasteiger partial charge < -0.3 is 0 Å². The fraction of sp³-hybridized carbons (Fsp3) is 0.0769. The normalized spacial score (nSPS) is 17.0. The van der Waals surface area contributed by atoms with Crippen LogP contribution < -0.4 is 9.78 Å². The summed E-state index contributed by atoms with van der Waals surface area (Å²) in [4.78, 5) is 16.1. The van der Waals surface area contributed by atoms with E-state index in [1.807, 2.05) is 6.07 Å². The number of ketones is 1. The fourth-order valence-electron chi connectivity index (χ4n) is 1.89. The van der Waals surface area contributed by atoms with Crippen molar-refractivity contribution in [1.82, 2.24) is 4.98 Å². The van der Waals surface area contributed by atoms with E-state index in [1.54, 1.807) is 36.7 Å². The average molecular weight is 305 g/mol. The molecular formula is C13H10N2O2Se. The number of fused-ring (bicyclic) bond motifs is 1. The molecule has 2 heterocycles. The summed E-state index contributed by atoms with van der Waals surface area (Å²) >= 11 is -2.00. The molecule has 1 unspecified atom stereocenters. The van der Waals surface area contributed by atoms with Crippen LogP contribution >= 0.6 is 0 Å². The van der Waals surface area contributed by atoms with E-state index in [1.165, 1.54) is 0 Å². The van der Waals surface area contributed by atoms with Gasteiger partial charge in [0, 0.05) is 0 Å². The molecule has 90 valence electrons. The third kappa shape index (κ3) is 1.88. The molecular weight excluding hydrogens is 295 g/mol. The van der Waals surface area contributed by atoms with Gasteiger partial charge in [0.2, 0.25) is 0 Å². The minimum atomic E-state index is -2.00. The Morgan fingerprint density at radius 1 is 1.17 bits per heavy atom. The van der Waals surface area contributed by atoms with Crippen LogP contribution in [0.4, 0.5) is 5.69 Å². The van der Waals surface area contributed by atoms with Gasteiger partial charge in [0.15, 0.2) is 0 Å². The molecule has 0 amide bonds. The van der Waals surface area contributed by atoms with Crippen LogP contribution in [0.15, 0.2) is 42.7 Å². The summed E-state index contributed by atoms with van der Waals surface area (Å²) in [5, 5.41) is 3.08. The molecule has 5 heteroatoms. The molecule has 0 fully saturated rings. The van der Waals surface area contributed by atoms with Crippen molar-refractivity contribution >= 4 is 29.8 Å². The first-order valence-corrected chi connectivity index (χ1v) is 8.23. The first kappa shape index (κ1) is 11.3. The van der Waals surface area contributed by atoms with Crippen LogP contribution in [0.3, 0.4) is 0 Å². The van der Waals surface area contributed by atoms with Crippen LogP contribution in [0.2, 0.25) is 0 Å². The summed E-state index contributed by atoms with van der Waals surface area (Å²) in [5.41, 5.74) is 2.58. The standard InChI is InChI=1S/C13H10N2O2Se/c16-13(9-3-5-14-6-4-9)10-1-2-11-12(7-10)18(17)8-15-11/h1-7,15H,8H2. The molecule has 1 aliphatic heterocycles. The van der Waals surface area contributed by atoms with Gasteiger partial charge in [-0.15, -0.1) is 0 Å². The Bertz CT molecular complexity index is 641. The van der Waals surface area contributed by atoms with E-state index in [4.69, 9.17) is 0 Å². The Morgan fingerprint density at radius 3 is 2.72 bits per heavy atom. The second-order valence-corrected chi connectivity index (χ2v) is 6.92. The molecule has 18 heavy (non-hydrogen) atoms. The van der Waals surface area contributed by atoms with E-state index in [9.17, 15) is 8.63 Å². The minimum absolute atomic E-state index is 0.0640. The van der Waals surface area contributed by atoms with E-state index < -0.39 is 13.8 Å². The van der Waals surface area contributed by atoms with Gasteiger partial charge in [0.1, 0.15) is 0 Å². The number of carbonyl (C=O) groups excluding carboxylic acids is 1. The van der Waals surface area contributed by atoms with E-state index in [2.05, 4.69) is 10.3 Å². The van der Waals surface area contributed by atoms with E-state index in [-0.39, 0.29) is 5.78 Å². The molecule has 0 bridgehead atoms. The average Bonchev–Trinajstić information content (AvgIpc) is 2.80. The summed E-state index contributed by atoms with van der Waals surface area (Å²) in [7, 11) is 0. The summed E-state index contributed by atoms with van der Waals surface area (Å²) in [6.07, 6.45) is 3.18. The number of pyridine rings is 1. The number of rotatable bonds is 2. The van der Waals surface area contributed by atoms with Gasteiger partial charge in [-0.05, 0) is 0 Å². The molecule has 0 radical (unpaired) electrons. The molecule has 0 saturated carbocycles. The molecule has 1 aromatic carbocycles. The molecule has 0 spiro atoms. The van der Waals surface area contributed by atoms with Crippen molar-refractivity contribution in [3.05, 3.63) is 53.9 Å². The first-order chi connectivity index (χ1) is 8.75. The van der Waals surface area contributed by atoms with E-state index in [0.29, 0.717) is 16.6 Å². The predicted octanol–water partition coefficient (Wildman–Crippen LogP) is 0.906. The van der Waals surface area contributed by atoms with Gasteiger partial charge in [-0.3, -0.25) is 0 Å². The molecule has 1 aliphatic rings. The Kier molecular flexibility index (Phi) is 2.78. The van der Waals surface area contributed by atoms with Gasteiger partial charge >= 0.3 is 108 Å². The fourth-order valence-corrected chi connectivity index (χ4v) is 4.17. The number of aromatic nitrogens is 1. The first-order valence-electron chi connectivity index (χ1n) is 5.47. The quantitative estimate of drug-likeness (QED) is 0.662. The maximum absolute atomic E-state index is 12.2.